The van der Waals surface area contributed by atoms with Gasteiger partial charge in [0.05, 0.1) is 13.2 Å². The van der Waals surface area contributed by atoms with Crippen LogP contribution in [0.15, 0.2) is 0 Å². The summed E-state index contributed by atoms with van der Waals surface area (Å²) in [6.07, 6.45) is -1.04. The van der Waals surface area contributed by atoms with Gasteiger partial charge in [0, 0.05) is 10.1 Å². The Kier molecular flexibility index (Phi) is 7.33. The lowest BCUT2D eigenvalue weighted by atomic mass is 10.0. The third kappa shape index (κ3) is 5.83. The Bertz CT molecular complexity index is 678. The van der Waals surface area contributed by atoms with E-state index in [-0.39, 0.29) is 6.61 Å². The molecule has 29 heavy (non-hydrogen) atoms. The van der Waals surface area contributed by atoms with Gasteiger partial charge in [-0.2, -0.15) is 21.6 Å². The first kappa shape index (κ1) is 27.0. The second-order valence-electron chi connectivity index (χ2n) is 10.7. The molecule has 0 spiro atoms. The maximum absolute atomic E-state index is 12.8. The Balaban J connectivity index is 3.38. The zero-order valence-corrected chi connectivity index (χ0v) is 21.8. The van der Waals surface area contributed by atoms with Crippen molar-refractivity contribution in [2.45, 2.75) is 95.4 Å². The van der Waals surface area contributed by atoms with E-state index in [2.05, 4.69) is 4.18 Å². The van der Waals surface area contributed by atoms with E-state index in [4.69, 9.17) is 13.3 Å². The SMILES string of the molecule is CC(C)(C)[Si]1(C(C)(C)C)OC[C@](C)(O[Si](C)(C)C)[C@@H](COS(=O)(=O)C(F)(F)F)O1. The Morgan fingerprint density at radius 3 is 1.86 bits per heavy atom. The molecule has 0 bridgehead atoms. The molecular weight excluding hydrogens is 445 g/mol. The molecule has 0 radical (unpaired) electrons. The van der Waals surface area contributed by atoms with Crippen LogP contribution >= 0.6 is 0 Å². The van der Waals surface area contributed by atoms with Crippen LogP contribution in [0, 0.1) is 0 Å². The second kappa shape index (κ2) is 7.86. The molecule has 0 N–H and O–H groups in total. The minimum atomic E-state index is -5.75. The standard InChI is InChI=1S/C17H35F3O6SSi2/c1-14(2,3)29(15(4,5)6)24-12-16(7,26-28(8,9)10)13(25-29)11-23-27(21,22)17(18,19)20/h13H,11-12H2,1-10H3/t13-,16+/m1/s1. The van der Waals surface area contributed by atoms with Crippen LogP contribution in [0.4, 0.5) is 13.2 Å². The first-order valence-corrected chi connectivity index (χ1v) is 16.1. The summed E-state index contributed by atoms with van der Waals surface area (Å²) in [6, 6.07) is 0. The Morgan fingerprint density at radius 1 is 1.07 bits per heavy atom. The molecule has 0 aromatic heterocycles. The predicted molar refractivity (Wildman–Crippen MR) is 110 cm³/mol. The lowest BCUT2D eigenvalue weighted by Gasteiger charge is -2.58. The highest BCUT2D eigenvalue weighted by atomic mass is 32.2. The van der Waals surface area contributed by atoms with E-state index in [1.54, 1.807) is 6.92 Å². The molecule has 1 aliphatic rings. The number of hydrogen-bond donors (Lipinski definition) is 0. The van der Waals surface area contributed by atoms with E-state index in [1.165, 1.54) is 0 Å². The van der Waals surface area contributed by atoms with Crippen LogP contribution in [0.3, 0.4) is 0 Å². The summed E-state index contributed by atoms with van der Waals surface area (Å²) in [7, 11) is -11.0. The average molecular weight is 481 g/mol. The first-order valence-electron chi connectivity index (χ1n) is 9.45. The third-order valence-corrected chi connectivity index (χ3v) is 11.9. The van der Waals surface area contributed by atoms with Crippen molar-refractivity contribution in [1.82, 2.24) is 0 Å². The van der Waals surface area contributed by atoms with Crippen molar-refractivity contribution >= 4 is 27.0 Å². The van der Waals surface area contributed by atoms with Gasteiger partial charge in [-0.3, -0.25) is 4.18 Å². The highest BCUT2D eigenvalue weighted by molar-refractivity contribution is 7.87. The molecule has 1 aliphatic heterocycles. The van der Waals surface area contributed by atoms with Gasteiger partial charge < -0.3 is 13.3 Å². The fourth-order valence-electron chi connectivity index (χ4n) is 3.83. The summed E-state index contributed by atoms with van der Waals surface area (Å²) in [5, 5.41) is -0.875. The van der Waals surface area contributed by atoms with Crippen molar-refractivity contribution in [3.63, 3.8) is 0 Å². The Hall–Kier alpha value is 0.0138. The summed E-state index contributed by atoms with van der Waals surface area (Å²) < 4.78 is 84.7. The molecule has 1 rings (SSSR count). The van der Waals surface area contributed by atoms with E-state index in [1.807, 2.05) is 61.2 Å². The average Bonchev–Trinajstić information content (AvgIpc) is 2.40. The van der Waals surface area contributed by atoms with Crippen LogP contribution in [0.2, 0.25) is 29.7 Å². The molecule has 2 atom stereocenters. The van der Waals surface area contributed by atoms with E-state index in [9.17, 15) is 21.6 Å². The summed E-state index contributed by atoms with van der Waals surface area (Å²) in [6.45, 7) is 18.5. The van der Waals surface area contributed by atoms with Gasteiger partial charge in [0.15, 0.2) is 8.32 Å². The molecule has 0 aromatic carbocycles. The van der Waals surface area contributed by atoms with Crippen LogP contribution in [-0.4, -0.2) is 55.7 Å². The van der Waals surface area contributed by atoms with E-state index in [0.29, 0.717) is 0 Å². The Morgan fingerprint density at radius 2 is 1.52 bits per heavy atom. The molecule has 6 nitrogen and oxygen atoms in total. The minimum absolute atomic E-state index is 0.0815. The molecule has 12 heteroatoms. The van der Waals surface area contributed by atoms with E-state index >= 15 is 0 Å². The molecule has 1 saturated heterocycles. The fourth-order valence-corrected chi connectivity index (χ4v) is 11.0. The fraction of sp³-hybridized carbons (Fsp3) is 1.00. The maximum atomic E-state index is 12.8. The lowest BCUT2D eigenvalue weighted by Crippen LogP contribution is -2.70. The predicted octanol–water partition coefficient (Wildman–Crippen LogP) is 4.92. The molecule has 0 aromatic rings. The molecule has 0 unspecified atom stereocenters. The van der Waals surface area contributed by atoms with Crippen molar-refractivity contribution in [3.05, 3.63) is 0 Å². The van der Waals surface area contributed by atoms with Gasteiger partial charge in [0.1, 0.15) is 11.7 Å². The summed E-state index contributed by atoms with van der Waals surface area (Å²) in [5.74, 6) is 0. The van der Waals surface area contributed by atoms with Crippen LogP contribution in [0.25, 0.3) is 0 Å². The van der Waals surface area contributed by atoms with Crippen molar-refractivity contribution in [1.29, 1.82) is 0 Å². The van der Waals surface area contributed by atoms with Crippen LogP contribution in [-0.2, 0) is 27.6 Å². The normalized spacial score (nSPS) is 27.1. The summed E-state index contributed by atoms with van der Waals surface area (Å²) >= 11 is 0. The van der Waals surface area contributed by atoms with Gasteiger partial charge in [-0.1, -0.05) is 41.5 Å². The van der Waals surface area contributed by atoms with Gasteiger partial charge in [0.2, 0.25) is 0 Å². The molecule has 0 aliphatic carbocycles. The van der Waals surface area contributed by atoms with E-state index < -0.39 is 60.9 Å². The van der Waals surface area contributed by atoms with Crippen LogP contribution in [0.5, 0.6) is 0 Å². The van der Waals surface area contributed by atoms with Crippen LogP contribution < -0.4 is 0 Å². The van der Waals surface area contributed by atoms with Crippen molar-refractivity contribution in [2.24, 2.45) is 0 Å². The number of rotatable bonds is 5. The topological polar surface area (TPSA) is 71.1 Å². The number of halogens is 3. The third-order valence-electron chi connectivity index (χ3n) is 4.72. The zero-order valence-electron chi connectivity index (χ0n) is 19.0. The van der Waals surface area contributed by atoms with Gasteiger partial charge in [-0.05, 0) is 26.6 Å². The van der Waals surface area contributed by atoms with Crippen molar-refractivity contribution in [3.8, 4) is 0 Å². The monoisotopic (exact) mass is 480 g/mol. The highest BCUT2D eigenvalue weighted by Gasteiger charge is 2.64. The quantitative estimate of drug-likeness (QED) is 0.316. The van der Waals surface area contributed by atoms with Crippen LogP contribution in [0.1, 0.15) is 48.5 Å². The lowest BCUT2D eigenvalue weighted by molar-refractivity contribution is -0.139. The summed E-state index contributed by atoms with van der Waals surface area (Å²) in [5.41, 5.74) is -6.64. The molecular formula is C17H35F3O6SSi2. The van der Waals surface area contributed by atoms with Gasteiger partial charge in [-0.25, -0.2) is 0 Å². The molecule has 0 amide bonds. The zero-order chi connectivity index (χ0) is 23.3. The first-order chi connectivity index (χ1) is 12.5. The van der Waals surface area contributed by atoms with Crippen molar-refractivity contribution in [2.75, 3.05) is 13.2 Å². The van der Waals surface area contributed by atoms with E-state index in [0.717, 1.165) is 0 Å². The maximum Gasteiger partial charge on any atom is 0.523 e. The second-order valence-corrected chi connectivity index (χ2v) is 21.5. The highest BCUT2D eigenvalue weighted by Crippen LogP contribution is 2.55. The molecule has 0 saturated carbocycles. The summed E-state index contributed by atoms with van der Waals surface area (Å²) in [4.78, 5) is 0. The number of hydrogen-bond acceptors (Lipinski definition) is 6. The minimum Gasteiger partial charge on any atom is -0.407 e. The number of alkyl halides is 3. The van der Waals surface area contributed by atoms with Crippen molar-refractivity contribution < 1.29 is 39.1 Å². The van der Waals surface area contributed by atoms with Gasteiger partial charge in [0.25, 0.3) is 0 Å². The van der Waals surface area contributed by atoms with Gasteiger partial charge in [-0.15, -0.1) is 0 Å². The van der Waals surface area contributed by atoms with Gasteiger partial charge >= 0.3 is 24.2 Å². The Labute approximate surface area is 174 Å². The largest absolute Gasteiger partial charge is 0.523 e. The molecule has 174 valence electrons. The smallest absolute Gasteiger partial charge is 0.407 e. The molecule has 1 heterocycles. The molecule has 1 fully saturated rings.